The third-order valence-corrected chi connectivity index (χ3v) is 4.57. The molecule has 2 aromatic rings. The molecule has 0 radical (unpaired) electrons. The molecule has 1 aliphatic heterocycles. The van der Waals surface area contributed by atoms with Crippen molar-refractivity contribution >= 4 is 17.3 Å². The average Bonchev–Trinajstić information content (AvgIpc) is 2.61. The summed E-state index contributed by atoms with van der Waals surface area (Å²) in [5, 5.41) is 2.89. The zero-order valence-corrected chi connectivity index (χ0v) is 14.3. The van der Waals surface area contributed by atoms with Gasteiger partial charge in [0.05, 0.1) is 11.6 Å². The van der Waals surface area contributed by atoms with Crippen LogP contribution in [0.5, 0.6) is 0 Å². The summed E-state index contributed by atoms with van der Waals surface area (Å²) in [5.74, 6) is -0.264. The number of anilines is 2. The minimum atomic E-state index is -4.37. The number of nitrogens with one attached hydrogen (secondary N) is 1. The highest BCUT2D eigenvalue weighted by Crippen LogP contribution is 2.37. The van der Waals surface area contributed by atoms with Gasteiger partial charge in [-0.15, -0.1) is 0 Å². The van der Waals surface area contributed by atoms with Crippen molar-refractivity contribution in [1.29, 1.82) is 0 Å². The van der Waals surface area contributed by atoms with Gasteiger partial charge in [0.25, 0.3) is 0 Å². The lowest BCUT2D eigenvalue weighted by Gasteiger charge is -2.37. The van der Waals surface area contributed by atoms with E-state index in [1.54, 1.807) is 0 Å². The number of carbonyl (C=O) groups excluding carboxylic acids is 1. The van der Waals surface area contributed by atoms with Crippen LogP contribution in [0.4, 0.5) is 24.5 Å². The third-order valence-electron chi connectivity index (χ3n) is 4.57. The van der Waals surface area contributed by atoms with E-state index in [-0.39, 0.29) is 11.9 Å². The Bertz CT molecular complexity index is 828. The molecule has 1 amide bonds. The van der Waals surface area contributed by atoms with Crippen LogP contribution in [0.1, 0.15) is 16.7 Å². The zero-order valence-electron chi connectivity index (χ0n) is 14.3. The molecule has 1 N–H and O–H groups in total. The Morgan fingerprint density at radius 2 is 1.92 bits per heavy atom. The maximum absolute atomic E-state index is 12.8. The molecule has 1 unspecified atom stereocenters. The van der Waals surface area contributed by atoms with Gasteiger partial charge in [-0.3, -0.25) is 4.79 Å². The molecule has 2 aromatic carbocycles. The number of benzene rings is 2. The number of alkyl halides is 3. The average molecular weight is 360 g/mol. The third kappa shape index (κ3) is 3.59. The van der Waals surface area contributed by atoms with Crippen molar-refractivity contribution in [1.82, 2.24) is 5.32 Å². The van der Waals surface area contributed by atoms with Crippen LogP contribution in [-0.2, 0) is 17.4 Å². The second kappa shape index (κ2) is 6.86. The van der Waals surface area contributed by atoms with Crippen molar-refractivity contribution in [3.63, 3.8) is 0 Å². The van der Waals surface area contributed by atoms with Gasteiger partial charge in [0, 0.05) is 17.9 Å². The standard InChI is InChI=1S/C20H19F3N2O/c1-3-19(26)24-15-11-17-13(2)5-4-6-18(17)25(12-15)16-9-7-14(8-10-16)20(21,22)23/h3-10,15H,1,11-12H2,2H3,(H,24,26). The molecule has 1 atom stereocenters. The normalized spacial score (nSPS) is 16.8. The number of aryl methyl sites for hydroxylation is 1. The van der Waals surface area contributed by atoms with E-state index in [0.717, 1.165) is 28.9 Å². The van der Waals surface area contributed by atoms with Gasteiger partial charge in [0.2, 0.25) is 5.91 Å². The minimum Gasteiger partial charge on any atom is -0.348 e. The Labute approximate surface area is 150 Å². The highest BCUT2D eigenvalue weighted by atomic mass is 19.4. The summed E-state index contributed by atoms with van der Waals surface area (Å²) < 4.78 is 38.5. The van der Waals surface area contributed by atoms with E-state index in [4.69, 9.17) is 0 Å². The lowest BCUT2D eigenvalue weighted by atomic mass is 9.93. The fourth-order valence-corrected chi connectivity index (χ4v) is 3.27. The van der Waals surface area contributed by atoms with E-state index in [1.165, 1.54) is 18.2 Å². The second-order valence-electron chi connectivity index (χ2n) is 6.34. The fourth-order valence-electron chi connectivity index (χ4n) is 3.27. The number of nitrogens with zero attached hydrogens (tertiary/aromatic N) is 1. The summed E-state index contributed by atoms with van der Waals surface area (Å²) in [5.41, 5.74) is 3.08. The van der Waals surface area contributed by atoms with Crippen LogP contribution in [0, 0.1) is 6.92 Å². The molecule has 26 heavy (non-hydrogen) atoms. The smallest absolute Gasteiger partial charge is 0.348 e. The highest BCUT2D eigenvalue weighted by Gasteiger charge is 2.31. The Balaban J connectivity index is 1.98. The molecule has 0 fully saturated rings. The lowest BCUT2D eigenvalue weighted by Crippen LogP contribution is -2.46. The van der Waals surface area contributed by atoms with E-state index >= 15 is 0 Å². The van der Waals surface area contributed by atoms with Crippen molar-refractivity contribution in [2.24, 2.45) is 0 Å². The molecule has 0 saturated carbocycles. The first-order valence-corrected chi connectivity index (χ1v) is 8.26. The van der Waals surface area contributed by atoms with Crippen molar-refractivity contribution in [3.05, 3.63) is 71.8 Å². The van der Waals surface area contributed by atoms with Gasteiger partial charge in [0.1, 0.15) is 0 Å². The Morgan fingerprint density at radius 1 is 1.23 bits per heavy atom. The molecule has 0 spiro atoms. The van der Waals surface area contributed by atoms with E-state index in [9.17, 15) is 18.0 Å². The molecule has 0 saturated heterocycles. The second-order valence-corrected chi connectivity index (χ2v) is 6.34. The van der Waals surface area contributed by atoms with Gasteiger partial charge in [-0.05, 0) is 60.9 Å². The largest absolute Gasteiger partial charge is 0.416 e. The van der Waals surface area contributed by atoms with Gasteiger partial charge in [-0.25, -0.2) is 0 Å². The Hall–Kier alpha value is -2.76. The summed E-state index contributed by atoms with van der Waals surface area (Å²) in [6, 6.07) is 10.8. The molecule has 0 bridgehead atoms. The van der Waals surface area contributed by atoms with Gasteiger partial charge in [-0.1, -0.05) is 18.7 Å². The van der Waals surface area contributed by atoms with Crippen LogP contribution < -0.4 is 10.2 Å². The van der Waals surface area contributed by atoms with Crippen LogP contribution in [0.2, 0.25) is 0 Å². The highest BCUT2D eigenvalue weighted by molar-refractivity contribution is 5.87. The number of carbonyl (C=O) groups is 1. The number of amides is 1. The molecule has 1 heterocycles. The maximum atomic E-state index is 12.8. The number of rotatable bonds is 3. The lowest BCUT2D eigenvalue weighted by molar-refractivity contribution is -0.137. The van der Waals surface area contributed by atoms with Crippen LogP contribution in [0.3, 0.4) is 0 Å². The Kier molecular flexibility index (Phi) is 4.76. The first-order valence-electron chi connectivity index (χ1n) is 8.26. The maximum Gasteiger partial charge on any atom is 0.416 e. The monoisotopic (exact) mass is 360 g/mol. The molecule has 1 aliphatic rings. The summed E-state index contributed by atoms with van der Waals surface area (Å²) in [6.07, 6.45) is -2.48. The molecular weight excluding hydrogens is 341 g/mol. The number of hydrogen-bond acceptors (Lipinski definition) is 2. The summed E-state index contributed by atoms with van der Waals surface area (Å²) >= 11 is 0. The van der Waals surface area contributed by atoms with Gasteiger partial charge >= 0.3 is 6.18 Å². The van der Waals surface area contributed by atoms with Crippen molar-refractivity contribution in [2.75, 3.05) is 11.4 Å². The van der Waals surface area contributed by atoms with Crippen LogP contribution in [0.25, 0.3) is 0 Å². The quantitative estimate of drug-likeness (QED) is 0.824. The number of halogens is 3. The molecule has 136 valence electrons. The number of fused-ring (bicyclic) bond motifs is 1. The van der Waals surface area contributed by atoms with Crippen molar-refractivity contribution < 1.29 is 18.0 Å². The van der Waals surface area contributed by atoms with Gasteiger partial charge < -0.3 is 10.2 Å². The minimum absolute atomic E-state index is 0.156. The van der Waals surface area contributed by atoms with Crippen LogP contribution in [-0.4, -0.2) is 18.5 Å². The SMILES string of the molecule is C=CC(=O)NC1Cc2c(C)cccc2N(c2ccc(C(F)(F)F)cc2)C1. The Morgan fingerprint density at radius 3 is 2.54 bits per heavy atom. The van der Waals surface area contributed by atoms with E-state index < -0.39 is 11.7 Å². The van der Waals surface area contributed by atoms with E-state index in [1.807, 2.05) is 30.0 Å². The zero-order chi connectivity index (χ0) is 18.9. The van der Waals surface area contributed by atoms with E-state index in [0.29, 0.717) is 18.7 Å². The first-order chi connectivity index (χ1) is 12.3. The summed E-state index contributed by atoms with van der Waals surface area (Å²) in [6.45, 7) is 5.93. The predicted octanol–water partition coefficient (Wildman–Crippen LogP) is 4.38. The van der Waals surface area contributed by atoms with Crippen LogP contribution >= 0.6 is 0 Å². The molecule has 0 aliphatic carbocycles. The first kappa shape index (κ1) is 18.0. The molecular formula is C20H19F3N2O. The van der Waals surface area contributed by atoms with Gasteiger partial charge in [0.15, 0.2) is 0 Å². The summed E-state index contributed by atoms with van der Waals surface area (Å²) in [4.78, 5) is 13.6. The molecule has 3 nitrogen and oxygen atoms in total. The molecule has 0 aromatic heterocycles. The molecule has 3 rings (SSSR count). The van der Waals surface area contributed by atoms with Crippen molar-refractivity contribution in [3.8, 4) is 0 Å². The fraction of sp³-hybridized carbons (Fsp3) is 0.250. The summed E-state index contributed by atoms with van der Waals surface area (Å²) in [7, 11) is 0. The van der Waals surface area contributed by atoms with Crippen LogP contribution in [0.15, 0.2) is 55.1 Å². The van der Waals surface area contributed by atoms with Crippen molar-refractivity contribution in [2.45, 2.75) is 25.6 Å². The molecule has 6 heteroatoms. The van der Waals surface area contributed by atoms with E-state index in [2.05, 4.69) is 11.9 Å². The predicted molar refractivity (Wildman–Crippen MR) is 95.5 cm³/mol. The number of hydrogen-bond donors (Lipinski definition) is 1. The van der Waals surface area contributed by atoms with Gasteiger partial charge in [-0.2, -0.15) is 13.2 Å². The topological polar surface area (TPSA) is 32.3 Å².